The number of hydrogen-bond acceptors (Lipinski definition) is 4. The fourth-order valence-electron chi connectivity index (χ4n) is 5.42. The molecule has 0 bridgehead atoms. The van der Waals surface area contributed by atoms with E-state index in [4.69, 9.17) is 39.8 Å². The van der Waals surface area contributed by atoms with Crippen LogP contribution in [0.5, 0.6) is 0 Å². The van der Waals surface area contributed by atoms with Gasteiger partial charge in [0.15, 0.2) is 0 Å². The third-order valence-corrected chi connectivity index (χ3v) is 8.84. The van der Waals surface area contributed by atoms with E-state index < -0.39 is 24.3 Å². The van der Waals surface area contributed by atoms with Gasteiger partial charge in [-0.2, -0.15) is 13.2 Å². The van der Waals surface area contributed by atoms with Gasteiger partial charge in [0, 0.05) is 51.1 Å². The molecule has 40 heavy (non-hydrogen) atoms. The van der Waals surface area contributed by atoms with Crippen molar-refractivity contribution in [2.24, 2.45) is 13.0 Å². The first-order valence-corrected chi connectivity index (χ1v) is 14.1. The van der Waals surface area contributed by atoms with Gasteiger partial charge in [-0.15, -0.1) is 0 Å². The van der Waals surface area contributed by atoms with Crippen molar-refractivity contribution in [2.45, 2.75) is 50.6 Å². The van der Waals surface area contributed by atoms with Crippen molar-refractivity contribution < 1.29 is 22.4 Å². The van der Waals surface area contributed by atoms with Gasteiger partial charge in [0.05, 0.1) is 38.7 Å². The zero-order valence-corrected chi connectivity index (χ0v) is 23.9. The fraction of sp³-hybridized carbons (Fsp3) is 0.481. The molecule has 0 aliphatic carbocycles. The van der Waals surface area contributed by atoms with Crippen molar-refractivity contribution in [3.8, 4) is 0 Å². The predicted octanol–water partition coefficient (Wildman–Crippen LogP) is 6.22. The number of alkyl halides is 4. The Kier molecular flexibility index (Phi) is 8.44. The van der Waals surface area contributed by atoms with Crippen LogP contribution in [0.2, 0.25) is 15.1 Å². The third kappa shape index (κ3) is 6.00. The molecule has 2 fully saturated rings. The molecule has 216 valence electrons. The highest BCUT2D eigenvalue weighted by Gasteiger charge is 2.42. The molecule has 2 aromatic carbocycles. The molecule has 0 spiro atoms. The van der Waals surface area contributed by atoms with Gasteiger partial charge in [-0.1, -0.05) is 40.9 Å². The minimum Gasteiger partial charge on any atom is -0.370 e. The smallest absolute Gasteiger partial charge is 0.370 e. The van der Waals surface area contributed by atoms with Crippen LogP contribution in [0.4, 0.5) is 23.2 Å². The Balaban J connectivity index is 1.37. The van der Waals surface area contributed by atoms with E-state index in [1.165, 1.54) is 0 Å². The van der Waals surface area contributed by atoms with Crippen LogP contribution in [0.1, 0.15) is 36.2 Å². The maximum absolute atomic E-state index is 13.4. The van der Waals surface area contributed by atoms with Gasteiger partial charge >= 0.3 is 6.18 Å². The second kappa shape index (κ2) is 11.5. The molecule has 3 aromatic rings. The number of nitrogens with one attached hydrogen (secondary N) is 2. The summed E-state index contributed by atoms with van der Waals surface area (Å²) in [4.78, 5) is 18.8. The van der Waals surface area contributed by atoms with E-state index in [2.05, 4.69) is 10.6 Å². The molecule has 0 radical (unpaired) electrons. The Morgan fingerprint density at radius 2 is 1.98 bits per heavy atom. The second-order valence-electron chi connectivity index (χ2n) is 10.4. The first-order valence-electron chi connectivity index (χ1n) is 13.0. The molecule has 1 aromatic heterocycles. The molecule has 3 atom stereocenters. The van der Waals surface area contributed by atoms with Crippen molar-refractivity contribution in [2.75, 3.05) is 24.5 Å². The Labute approximate surface area is 243 Å². The highest BCUT2D eigenvalue weighted by molar-refractivity contribution is 6.36. The zero-order valence-electron chi connectivity index (χ0n) is 21.6. The molecule has 2 aliphatic rings. The summed E-state index contributed by atoms with van der Waals surface area (Å²) in [6, 6.07) is 6.28. The molecule has 2 N–H and O–H groups in total. The van der Waals surface area contributed by atoms with Crippen LogP contribution >= 0.6 is 34.8 Å². The maximum Gasteiger partial charge on any atom is 0.393 e. The van der Waals surface area contributed by atoms with E-state index >= 15 is 0 Å². The average molecular weight is 621 g/mol. The molecular formula is C27H28Cl3F4N5O. The Morgan fingerprint density at radius 1 is 1.20 bits per heavy atom. The van der Waals surface area contributed by atoms with E-state index in [1.54, 1.807) is 29.2 Å². The van der Waals surface area contributed by atoms with Gasteiger partial charge in [-0.05, 0) is 42.2 Å². The molecule has 1 unspecified atom stereocenters. The molecule has 1 amide bonds. The van der Waals surface area contributed by atoms with Gasteiger partial charge in [-0.25, -0.2) is 9.37 Å². The van der Waals surface area contributed by atoms with Crippen molar-refractivity contribution in [1.82, 2.24) is 20.2 Å². The SMILES string of the molecule is Cn1c(Cc2c(Cl)ccc(CNC(=O)[C@@H]3C[C@@H](F)CN3)c2Cl)nc2cc(Cl)c(N3CCCC(C(F)(F)F)C3)cc21. The number of anilines is 1. The van der Waals surface area contributed by atoms with Crippen LogP contribution in [0.25, 0.3) is 11.0 Å². The van der Waals surface area contributed by atoms with Crippen molar-refractivity contribution >= 4 is 57.4 Å². The third-order valence-electron chi connectivity index (χ3n) is 7.71. The Hall–Kier alpha value is -2.27. The lowest BCUT2D eigenvalue weighted by molar-refractivity contribution is -0.176. The summed E-state index contributed by atoms with van der Waals surface area (Å²) in [6.07, 6.45) is -4.37. The maximum atomic E-state index is 13.4. The number of carbonyl (C=O) groups excluding carboxylic acids is 1. The zero-order chi connectivity index (χ0) is 28.8. The first kappa shape index (κ1) is 29.2. The summed E-state index contributed by atoms with van der Waals surface area (Å²) in [5.41, 5.74) is 3.13. The number of rotatable bonds is 6. The summed E-state index contributed by atoms with van der Waals surface area (Å²) in [5, 5.41) is 6.79. The van der Waals surface area contributed by atoms with Crippen molar-refractivity contribution in [3.05, 3.63) is 56.3 Å². The van der Waals surface area contributed by atoms with Crippen LogP contribution < -0.4 is 15.5 Å². The van der Waals surface area contributed by atoms with Crippen LogP contribution in [0.15, 0.2) is 24.3 Å². The number of aromatic nitrogens is 2. The summed E-state index contributed by atoms with van der Waals surface area (Å²) in [7, 11) is 1.82. The monoisotopic (exact) mass is 619 g/mol. The molecule has 13 heteroatoms. The van der Waals surface area contributed by atoms with E-state index in [0.29, 0.717) is 56.2 Å². The molecular weight excluding hydrogens is 593 g/mol. The first-order chi connectivity index (χ1) is 18.9. The summed E-state index contributed by atoms with van der Waals surface area (Å²) >= 11 is 19.8. The topological polar surface area (TPSA) is 62.2 Å². The number of halogens is 7. The number of aryl methyl sites for hydroxylation is 1. The Bertz CT molecular complexity index is 1430. The van der Waals surface area contributed by atoms with Crippen LogP contribution in [0, 0.1) is 5.92 Å². The number of fused-ring (bicyclic) bond motifs is 1. The number of imidazole rings is 1. The fourth-order valence-corrected chi connectivity index (χ4v) is 6.26. The lowest BCUT2D eigenvalue weighted by atomic mass is 9.97. The average Bonchev–Trinajstić information content (AvgIpc) is 3.47. The number of amides is 1. The van der Waals surface area contributed by atoms with Gasteiger partial charge in [0.1, 0.15) is 12.0 Å². The lowest BCUT2D eigenvalue weighted by Crippen LogP contribution is -2.41. The van der Waals surface area contributed by atoms with E-state index in [9.17, 15) is 22.4 Å². The molecule has 2 aliphatic heterocycles. The molecule has 5 rings (SSSR count). The van der Waals surface area contributed by atoms with Crippen LogP contribution in [-0.4, -0.2) is 53.5 Å². The number of benzene rings is 2. The Morgan fingerprint density at radius 3 is 2.67 bits per heavy atom. The quantitative estimate of drug-likeness (QED) is 0.322. The highest BCUT2D eigenvalue weighted by Crippen LogP contribution is 2.39. The molecule has 0 saturated carbocycles. The molecule has 6 nitrogen and oxygen atoms in total. The summed E-state index contributed by atoms with van der Waals surface area (Å²) in [5.74, 6) is -1.07. The van der Waals surface area contributed by atoms with Gasteiger partial charge in [-0.3, -0.25) is 4.79 Å². The number of nitrogens with zero attached hydrogens (tertiary/aromatic N) is 3. The van der Waals surface area contributed by atoms with Crippen molar-refractivity contribution in [3.63, 3.8) is 0 Å². The minimum atomic E-state index is -4.25. The highest BCUT2D eigenvalue weighted by atomic mass is 35.5. The number of carbonyl (C=O) groups is 1. The molecule has 3 heterocycles. The minimum absolute atomic E-state index is 0.107. The van der Waals surface area contributed by atoms with Gasteiger partial charge < -0.3 is 20.1 Å². The van der Waals surface area contributed by atoms with E-state index in [-0.39, 0.29) is 44.8 Å². The summed E-state index contributed by atoms with van der Waals surface area (Å²) < 4.78 is 55.5. The van der Waals surface area contributed by atoms with Crippen LogP contribution in [0.3, 0.4) is 0 Å². The normalized spacial score (nSPS) is 21.8. The van der Waals surface area contributed by atoms with Gasteiger partial charge in [0.25, 0.3) is 0 Å². The standard InChI is InChI=1S/C27H28Cl3F4N5O/c1-38-23-10-22(39-6-2-3-15(13-39)27(32,33)34)19(29)9-20(23)37-24(38)8-17-18(28)5-4-14(25(17)30)11-36-26(40)21-7-16(31)12-35-21/h4-5,9-10,15-16,21,35H,2-3,6-8,11-13H2,1H3,(H,36,40)/t15?,16-,21+/m1/s1. The van der Waals surface area contributed by atoms with E-state index in [1.807, 2.05) is 11.6 Å². The largest absolute Gasteiger partial charge is 0.393 e. The predicted molar refractivity (Wildman–Crippen MR) is 149 cm³/mol. The van der Waals surface area contributed by atoms with Gasteiger partial charge in [0.2, 0.25) is 5.91 Å². The second-order valence-corrected chi connectivity index (χ2v) is 11.6. The number of hydrogen-bond donors (Lipinski definition) is 2. The van der Waals surface area contributed by atoms with E-state index in [0.717, 1.165) is 5.52 Å². The molecule has 2 saturated heterocycles. The van der Waals surface area contributed by atoms with Crippen LogP contribution in [-0.2, 0) is 24.8 Å². The summed E-state index contributed by atoms with van der Waals surface area (Å²) in [6.45, 7) is 0.648. The lowest BCUT2D eigenvalue weighted by Gasteiger charge is -2.35. The van der Waals surface area contributed by atoms with Crippen molar-refractivity contribution in [1.29, 1.82) is 0 Å². The number of piperidine rings is 1.